The van der Waals surface area contributed by atoms with E-state index in [0.29, 0.717) is 5.56 Å². The second-order valence-electron chi connectivity index (χ2n) is 3.92. The highest BCUT2D eigenvalue weighted by atomic mass is 127. The molecule has 0 aliphatic rings. The molecule has 0 heterocycles. The topological polar surface area (TPSA) is 53.0 Å². The fourth-order valence-corrected chi connectivity index (χ4v) is 2.24. The van der Waals surface area contributed by atoms with Gasteiger partial charge in [-0.3, -0.25) is 0 Å². The summed E-state index contributed by atoms with van der Waals surface area (Å²) in [6, 6.07) is 15.5. The van der Waals surface area contributed by atoms with E-state index in [-0.39, 0.29) is 0 Å². The van der Waals surface area contributed by atoms with Crippen LogP contribution in [0.1, 0.15) is 5.56 Å². The highest BCUT2D eigenvalue weighted by molar-refractivity contribution is 14.1. The summed E-state index contributed by atoms with van der Waals surface area (Å²) >= 11 is 2.23. The molecule has 0 atom stereocenters. The number of nitrogen functional groups attached to an aromatic ring is 1. The second-order valence-corrected chi connectivity index (χ2v) is 5.17. The number of anilines is 3. The van der Waals surface area contributed by atoms with Gasteiger partial charge < -0.3 is 10.6 Å². The van der Waals surface area contributed by atoms with E-state index in [0.717, 1.165) is 20.6 Å². The van der Waals surface area contributed by atoms with Gasteiger partial charge in [0, 0.05) is 16.3 Å². The van der Waals surface area contributed by atoms with Gasteiger partial charge in [0.25, 0.3) is 0 Å². The van der Waals surface area contributed by atoms with Gasteiger partial charge in [-0.2, -0.15) is 5.26 Å². The summed E-state index contributed by atoms with van der Waals surface area (Å²) in [6.45, 7) is 0. The lowest BCUT2D eigenvalue weighted by Crippen LogP contribution is -2.11. The Morgan fingerprint density at radius 3 is 2.39 bits per heavy atom. The van der Waals surface area contributed by atoms with Crippen LogP contribution in [-0.2, 0) is 0 Å². The molecule has 0 fully saturated rings. The van der Waals surface area contributed by atoms with E-state index in [1.165, 1.54) is 0 Å². The van der Waals surface area contributed by atoms with Crippen molar-refractivity contribution in [1.29, 1.82) is 5.26 Å². The average Bonchev–Trinajstić information content (AvgIpc) is 2.38. The Bertz CT molecular complexity index is 599. The van der Waals surface area contributed by atoms with Crippen LogP contribution in [0.2, 0.25) is 0 Å². The van der Waals surface area contributed by atoms with Gasteiger partial charge >= 0.3 is 0 Å². The zero-order valence-corrected chi connectivity index (χ0v) is 12.0. The Balaban J connectivity index is 2.35. The van der Waals surface area contributed by atoms with Crippen LogP contribution in [0.25, 0.3) is 0 Å². The summed E-state index contributed by atoms with van der Waals surface area (Å²) in [5.41, 5.74) is 9.38. The average molecular weight is 349 g/mol. The Labute approximate surface area is 120 Å². The molecular weight excluding hydrogens is 337 g/mol. The van der Waals surface area contributed by atoms with Crippen LogP contribution in [0.5, 0.6) is 0 Å². The highest BCUT2D eigenvalue weighted by Crippen LogP contribution is 2.30. The van der Waals surface area contributed by atoms with Crippen LogP contribution in [0, 0.1) is 14.9 Å². The first-order valence-corrected chi connectivity index (χ1v) is 6.48. The van der Waals surface area contributed by atoms with Crippen molar-refractivity contribution in [3.05, 3.63) is 51.6 Å². The van der Waals surface area contributed by atoms with Crippen molar-refractivity contribution in [3.8, 4) is 6.07 Å². The van der Waals surface area contributed by atoms with Crippen LogP contribution >= 0.6 is 22.6 Å². The van der Waals surface area contributed by atoms with Gasteiger partial charge in [-0.05, 0) is 65.1 Å². The molecule has 0 saturated heterocycles. The smallest absolute Gasteiger partial charge is 0.0991 e. The number of halogens is 1. The molecule has 2 aromatic carbocycles. The largest absolute Gasteiger partial charge is 0.397 e. The third-order valence-corrected chi connectivity index (χ3v) is 3.41. The minimum Gasteiger partial charge on any atom is -0.397 e. The first-order chi connectivity index (χ1) is 8.61. The zero-order chi connectivity index (χ0) is 13.1. The van der Waals surface area contributed by atoms with Crippen LogP contribution in [0.4, 0.5) is 17.1 Å². The molecule has 2 aromatic rings. The van der Waals surface area contributed by atoms with Crippen molar-refractivity contribution < 1.29 is 0 Å². The maximum Gasteiger partial charge on any atom is 0.0991 e. The molecule has 0 aliphatic heterocycles. The van der Waals surface area contributed by atoms with Crippen molar-refractivity contribution in [2.24, 2.45) is 0 Å². The summed E-state index contributed by atoms with van der Waals surface area (Å²) in [6.07, 6.45) is 0. The molecule has 2 N–H and O–H groups in total. The van der Waals surface area contributed by atoms with Gasteiger partial charge in [-0.25, -0.2) is 0 Å². The van der Waals surface area contributed by atoms with E-state index in [9.17, 15) is 0 Å². The van der Waals surface area contributed by atoms with Crippen LogP contribution in [0.3, 0.4) is 0 Å². The van der Waals surface area contributed by atoms with Gasteiger partial charge in [0.1, 0.15) is 0 Å². The van der Waals surface area contributed by atoms with Crippen molar-refractivity contribution in [2.45, 2.75) is 0 Å². The molecule has 0 spiro atoms. The molecule has 90 valence electrons. The molecule has 0 saturated carbocycles. The first-order valence-electron chi connectivity index (χ1n) is 5.41. The maximum absolute atomic E-state index is 8.77. The number of benzene rings is 2. The Morgan fingerprint density at radius 1 is 1.17 bits per heavy atom. The number of nitrogens with zero attached hydrogens (tertiary/aromatic N) is 2. The quantitative estimate of drug-likeness (QED) is 0.667. The molecule has 0 bridgehead atoms. The summed E-state index contributed by atoms with van der Waals surface area (Å²) in [4.78, 5) is 2.01. The summed E-state index contributed by atoms with van der Waals surface area (Å²) in [5, 5.41) is 8.77. The van der Waals surface area contributed by atoms with Gasteiger partial charge in [0.2, 0.25) is 0 Å². The van der Waals surface area contributed by atoms with Gasteiger partial charge in [-0.15, -0.1) is 0 Å². The molecule has 2 rings (SSSR count). The first kappa shape index (κ1) is 12.7. The number of rotatable bonds is 2. The van der Waals surface area contributed by atoms with Crippen molar-refractivity contribution >= 4 is 39.7 Å². The van der Waals surface area contributed by atoms with Gasteiger partial charge in [0.05, 0.1) is 23.0 Å². The van der Waals surface area contributed by atoms with E-state index in [4.69, 9.17) is 11.0 Å². The van der Waals surface area contributed by atoms with E-state index in [1.807, 2.05) is 42.3 Å². The maximum atomic E-state index is 8.77. The van der Waals surface area contributed by atoms with E-state index >= 15 is 0 Å². The predicted molar refractivity (Wildman–Crippen MR) is 82.8 cm³/mol. The number of nitrogens with two attached hydrogens (primary N) is 1. The molecule has 0 radical (unpaired) electrons. The second kappa shape index (κ2) is 5.27. The molecular formula is C14H12IN3. The molecule has 0 aliphatic carbocycles. The fraction of sp³-hybridized carbons (Fsp3) is 0.0714. The van der Waals surface area contributed by atoms with Crippen LogP contribution < -0.4 is 10.6 Å². The van der Waals surface area contributed by atoms with Crippen molar-refractivity contribution in [1.82, 2.24) is 0 Å². The third kappa shape index (κ3) is 2.57. The molecule has 4 heteroatoms. The molecule has 0 unspecified atom stereocenters. The Kier molecular flexibility index (Phi) is 3.72. The minimum absolute atomic E-state index is 0.655. The van der Waals surface area contributed by atoms with Gasteiger partial charge in [0.15, 0.2) is 0 Å². The Hall–Kier alpha value is -1.74. The molecule has 18 heavy (non-hydrogen) atoms. The SMILES string of the molecule is CN(c1ccc(C#N)cc1)c1ccc(I)cc1N. The fourth-order valence-electron chi connectivity index (χ4n) is 1.73. The summed E-state index contributed by atoms with van der Waals surface area (Å²) in [5.74, 6) is 0. The normalized spacial score (nSPS) is 9.83. The van der Waals surface area contributed by atoms with Gasteiger partial charge in [-0.1, -0.05) is 0 Å². The minimum atomic E-state index is 0.655. The number of hydrogen-bond acceptors (Lipinski definition) is 3. The van der Waals surface area contributed by atoms with E-state index in [1.54, 1.807) is 12.1 Å². The zero-order valence-electron chi connectivity index (χ0n) is 9.89. The number of nitriles is 1. The van der Waals surface area contributed by atoms with Crippen molar-refractivity contribution in [2.75, 3.05) is 17.7 Å². The standard InChI is InChI=1S/C14H12IN3/c1-18(12-5-2-10(9-16)3-6-12)14-7-4-11(15)8-13(14)17/h2-8H,17H2,1H3. The number of hydrogen-bond donors (Lipinski definition) is 1. The van der Waals surface area contributed by atoms with E-state index < -0.39 is 0 Å². The monoisotopic (exact) mass is 349 g/mol. The molecule has 0 aromatic heterocycles. The molecule has 0 amide bonds. The lowest BCUT2D eigenvalue weighted by molar-refractivity contribution is 1.21. The third-order valence-electron chi connectivity index (χ3n) is 2.73. The molecule has 3 nitrogen and oxygen atoms in total. The lowest BCUT2D eigenvalue weighted by atomic mass is 10.2. The lowest BCUT2D eigenvalue weighted by Gasteiger charge is -2.21. The van der Waals surface area contributed by atoms with Crippen molar-refractivity contribution in [3.63, 3.8) is 0 Å². The van der Waals surface area contributed by atoms with Crippen LogP contribution in [-0.4, -0.2) is 7.05 Å². The van der Waals surface area contributed by atoms with E-state index in [2.05, 4.69) is 28.7 Å². The van der Waals surface area contributed by atoms with Crippen LogP contribution in [0.15, 0.2) is 42.5 Å². The summed E-state index contributed by atoms with van der Waals surface area (Å²) < 4.78 is 1.11. The summed E-state index contributed by atoms with van der Waals surface area (Å²) in [7, 11) is 1.96. The predicted octanol–water partition coefficient (Wildman–Crippen LogP) is 3.51. The Morgan fingerprint density at radius 2 is 1.83 bits per heavy atom. The highest BCUT2D eigenvalue weighted by Gasteiger charge is 2.07.